The summed E-state index contributed by atoms with van der Waals surface area (Å²) < 4.78 is 32.1. The van der Waals surface area contributed by atoms with E-state index >= 15 is 0 Å². The Morgan fingerprint density at radius 1 is 1.31 bits per heavy atom. The van der Waals surface area contributed by atoms with Gasteiger partial charge in [0.2, 0.25) is 0 Å². The SMILES string of the molecule is Cc1ncc(C[n+]2c([C@@](C)(O)C(=O)O)sc(CCOP(=O)(O)OP(=O)(O)O)c2C)c(N)n1. The molecular formula is C15H23N4O10P2S+. The van der Waals surface area contributed by atoms with E-state index in [1.54, 1.807) is 13.8 Å². The Hall–Kier alpha value is -1.80. The molecule has 7 N–H and O–H groups in total. The summed E-state index contributed by atoms with van der Waals surface area (Å²) in [6.07, 6.45) is 1.42. The largest absolute Gasteiger partial charge is 0.481 e. The van der Waals surface area contributed by atoms with Gasteiger partial charge in [-0.05, 0) is 13.8 Å². The molecule has 178 valence electrons. The van der Waals surface area contributed by atoms with Crippen LogP contribution in [0.4, 0.5) is 5.82 Å². The molecule has 0 aromatic carbocycles. The zero-order chi connectivity index (χ0) is 24.5. The highest BCUT2D eigenvalue weighted by atomic mass is 32.1. The molecule has 2 rings (SSSR count). The first-order chi connectivity index (χ1) is 14.5. The van der Waals surface area contributed by atoms with Gasteiger partial charge in [0, 0.05) is 19.5 Å². The molecule has 32 heavy (non-hydrogen) atoms. The number of carboxylic acid groups (broad SMARTS) is 1. The third-order valence-corrected chi connectivity index (χ3v) is 7.99. The monoisotopic (exact) mass is 513 g/mol. The number of nitrogens with two attached hydrogens (primary N) is 1. The summed E-state index contributed by atoms with van der Waals surface area (Å²) in [4.78, 5) is 46.9. The van der Waals surface area contributed by atoms with Crippen molar-refractivity contribution >= 4 is 38.8 Å². The molecule has 0 spiro atoms. The number of carbonyl (C=O) groups is 1. The lowest BCUT2D eigenvalue weighted by Crippen LogP contribution is -2.48. The number of rotatable bonds is 10. The Labute approximate surface area is 186 Å². The van der Waals surface area contributed by atoms with Crippen LogP contribution in [0.15, 0.2) is 6.20 Å². The number of aliphatic carboxylic acids is 1. The molecule has 0 aliphatic rings. The fraction of sp³-hybridized carbons (Fsp3) is 0.467. The first-order valence-electron chi connectivity index (χ1n) is 8.84. The lowest BCUT2D eigenvalue weighted by atomic mass is 10.1. The van der Waals surface area contributed by atoms with Crippen molar-refractivity contribution in [3.05, 3.63) is 33.2 Å². The van der Waals surface area contributed by atoms with Gasteiger partial charge in [-0.3, -0.25) is 4.52 Å². The highest BCUT2D eigenvalue weighted by Gasteiger charge is 2.45. The molecule has 0 saturated heterocycles. The first-order valence-corrected chi connectivity index (χ1v) is 12.7. The Morgan fingerprint density at radius 2 is 1.94 bits per heavy atom. The third-order valence-electron chi connectivity index (χ3n) is 4.25. The normalized spacial score (nSPS) is 15.8. The Morgan fingerprint density at radius 3 is 2.47 bits per heavy atom. The number of hydrogen-bond donors (Lipinski definition) is 6. The molecule has 0 aliphatic carbocycles. The van der Waals surface area contributed by atoms with Gasteiger partial charge in [-0.1, -0.05) is 11.3 Å². The summed E-state index contributed by atoms with van der Waals surface area (Å²) in [7, 11) is -10.3. The highest BCUT2D eigenvalue weighted by Crippen LogP contribution is 2.57. The van der Waals surface area contributed by atoms with E-state index < -0.39 is 33.8 Å². The predicted molar refractivity (Wildman–Crippen MR) is 109 cm³/mol. The predicted octanol–water partition coefficient (Wildman–Crippen LogP) is 0.134. The number of phosphoric acid groups is 2. The van der Waals surface area contributed by atoms with Crippen molar-refractivity contribution in [2.45, 2.75) is 39.3 Å². The number of nitrogen functional groups attached to an aromatic ring is 1. The van der Waals surface area contributed by atoms with Crippen molar-refractivity contribution < 1.29 is 52.2 Å². The van der Waals surface area contributed by atoms with E-state index in [4.69, 9.17) is 15.5 Å². The highest BCUT2D eigenvalue weighted by molar-refractivity contribution is 7.60. The van der Waals surface area contributed by atoms with Gasteiger partial charge in [-0.25, -0.2) is 23.9 Å². The van der Waals surface area contributed by atoms with Crippen LogP contribution in [0.25, 0.3) is 0 Å². The maximum absolute atomic E-state index is 11.6. The van der Waals surface area contributed by atoms with E-state index in [9.17, 15) is 29.0 Å². The van der Waals surface area contributed by atoms with Crippen molar-refractivity contribution in [2.75, 3.05) is 12.3 Å². The molecule has 2 aromatic heterocycles. The molecule has 2 aromatic rings. The van der Waals surface area contributed by atoms with Crippen LogP contribution in [0, 0.1) is 13.8 Å². The minimum Gasteiger partial charge on any atom is -0.479 e. The molecule has 0 saturated carbocycles. The number of carboxylic acids is 1. The summed E-state index contributed by atoms with van der Waals surface area (Å²) in [6.45, 7) is 3.93. The molecule has 14 nitrogen and oxygen atoms in total. The van der Waals surface area contributed by atoms with Crippen molar-refractivity contribution in [2.24, 2.45) is 0 Å². The maximum Gasteiger partial charge on any atom is 0.481 e. The molecular weight excluding hydrogens is 490 g/mol. The number of aryl methyl sites for hydroxylation is 1. The molecule has 0 fully saturated rings. The first kappa shape index (κ1) is 26.5. The molecule has 0 aliphatic heterocycles. The summed E-state index contributed by atoms with van der Waals surface area (Å²) in [5.41, 5.74) is 4.63. The van der Waals surface area contributed by atoms with Crippen LogP contribution in [0.3, 0.4) is 0 Å². The van der Waals surface area contributed by atoms with Crippen LogP contribution in [-0.2, 0) is 41.3 Å². The van der Waals surface area contributed by atoms with E-state index in [-0.39, 0.29) is 23.8 Å². The summed E-state index contributed by atoms with van der Waals surface area (Å²) in [5.74, 6) is -0.879. The quantitative estimate of drug-likeness (QED) is 0.184. The topological polar surface area (TPSA) is 226 Å². The lowest BCUT2D eigenvalue weighted by molar-refractivity contribution is -0.701. The average molecular weight is 513 g/mol. The van der Waals surface area contributed by atoms with Gasteiger partial charge in [-0.2, -0.15) is 8.88 Å². The van der Waals surface area contributed by atoms with Crippen molar-refractivity contribution in [3.63, 3.8) is 0 Å². The molecule has 1 unspecified atom stereocenters. The van der Waals surface area contributed by atoms with E-state index in [0.717, 1.165) is 18.3 Å². The van der Waals surface area contributed by atoms with Crippen LogP contribution in [-0.4, -0.2) is 47.4 Å². The smallest absolute Gasteiger partial charge is 0.479 e. The van der Waals surface area contributed by atoms with Crippen molar-refractivity contribution in [3.8, 4) is 0 Å². The molecule has 0 radical (unpaired) electrons. The standard InChI is InChI=1S/C15H22N4O10P2S/c1-8-11(4-5-28-31(26,27)29-30(23,24)25)32-13(15(3,22)14(20)21)19(8)7-10-6-17-9(2)18-12(10)16/h6,22H,4-5,7H2,1-3H3,(H5-,16,17,18,20,21,23,24,25,26,27)/p+1/t15-/m1/s1. The van der Waals surface area contributed by atoms with Crippen molar-refractivity contribution in [1.29, 1.82) is 0 Å². The second-order valence-electron chi connectivity index (χ2n) is 6.83. The molecule has 0 amide bonds. The summed E-state index contributed by atoms with van der Waals surface area (Å²) in [6, 6.07) is 0. The Bertz CT molecular complexity index is 1120. The molecule has 2 heterocycles. The minimum absolute atomic E-state index is 0.0356. The number of hydrogen-bond acceptors (Lipinski definition) is 10. The second-order valence-corrected chi connectivity index (χ2v) is 10.7. The zero-order valence-corrected chi connectivity index (χ0v) is 19.8. The minimum atomic E-state index is -5.25. The van der Waals surface area contributed by atoms with E-state index in [0.29, 0.717) is 22.0 Å². The maximum atomic E-state index is 11.6. The van der Waals surface area contributed by atoms with Crippen LogP contribution >= 0.6 is 27.0 Å². The average Bonchev–Trinajstić information content (AvgIpc) is 2.92. The van der Waals surface area contributed by atoms with Gasteiger partial charge in [0.05, 0.1) is 17.0 Å². The number of aromatic nitrogens is 3. The van der Waals surface area contributed by atoms with Gasteiger partial charge in [0.1, 0.15) is 11.6 Å². The number of nitrogens with zero attached hydrogens (tertiary/aromatic N) is 3. The van der Waals surface area contributed by atoms with Gasteiger partial charge in [0.25, 0.3) is 10.6 Å². The van der Waals surface area contributed by atoms with Crippen LogP contribution in [0.5, 0.6) is 0 Å². The van der Waals surface area contributed by atoms with E-state index in [2.05, 4.69) is 18.8 Å². The van der Waals surface area contributed by atoms with Gasteiger partial charge < -0.3 is 30.6 Å². The molecule has 2 atom stereocenters. The number of aliphatic hydroxyl groups is 1. The Balaban J connectivity index is 2.36. The van der Waals surface area contributed by atoms with Gasteiger partial charge >= 0.3 is 21.6 Å². The van der Waals surface area contributed by atoms with Crippen LogP contribution in [0.1, 0.15) is 33.9 Å². The number of thiazole rings is 1. The van der Waals surface area contributed by atoms with E-state index in [1.807, 2.05) is 0 Å². The fourth-order valence-electron chi connectivity index (χ4n) is 2.64. The van der Waals surface area contributed by atoms with Crippen LogP contribution in [0.2, 0.25) is 0 Å². The number of anilines is 1. The molecule has 0 bridgehead atoms. The van der Waals surface area contributed by atoms with Gasteiger partial charge in [-0.15, -0.1) is 0 Å². The second kappa shape index (κ2) is 9.59. The zero-order valence-electron chi connectivity index (χ0n) is 17.2. The van der Waals surface area contributed by atoms with Crippen LogP contribution < -0.4 is 10.3 Å². The number of phosphoric ester groups is 1. The lowest BCUT2D eigenvalue weighted by Gasteiger charge is -2.13. The summed E-state index contributed by atoms with van der Waals surface area (Å²) >= 11 is 0.918. The third kappa shape index (κ3) is 6.61. The van der Waals surface area contributed by atoms with E-state index in [1.165, 1.54) is 10.8 Å². The van der Waals surface area contributed by atoms with Gasteiger partial charge in [0.15, 0.2) is 12.2 Å². The molecule has 17 heteroatoms. The Kier molecular flexibility index (Phi) is 7.93. The summed E-state index contributed by atoms with van der Waals surface area (Å²) in [5, 5.41) is 20.1. The van der Waals surface area contributed by atoms with Crippen molar-refractivity contribution in [1.82, 2.24) is 9.97 Å². The fourth-order valence-corrected chi connectivity index (χ4v) is 5.50.